The van der Waals surface area contributed by atoms with Crippen molar-refractivity contribution in [3.05, 3.63) is 100.0 Å². The number of alkyl halides is 2. The van der Waals surface area contributed by atoms with Crippen LogP contribution in [0.1, 0.15) is 16.7 Å². The number of aromatic nitrogens is 1. The Labute approximate surface area is 155 Å². The van der Waals surface area contributed by atoms with E-state index >= 15 is 0 Å². The quantitative estimate of drug-likeness (QED) is 0.742. The molecule has 1 aromatic heterocycles. The number of carbonyl (C=O) groups excluding carboxylic acids is 1. The first-order valence-corrected chi connectivity index (χ1v) is 8.38. The largest absolute Gasteiger partial charge is 0.350 e. The van der Waals surface area contributed by atoms with E-state index in [-0.39, 0.29) is 12.2 Å². The van der Waals surface area contributed by atoms with E-state index in [1.54, 1.807) is 13.1 Å². The average molecular weight is 368 g/mol. The van der Waals surface area contributed by atoms with Gasteiger partial charge in [0, 0.05) is 11.8 Å². The van der Waals surface area contributed by atoms with Gasteiger partial charge in [0.1, 0.15) is 5.69 Å². The van der Waals surface area contributed by atoms with Crippen LogP contribution in [0, 0.1) is 6.92 Å². The van der Waals surface area contributed by atoms with Crippen LogP contribution in [0.4, 0.5) is 14.5 Å². The summed E-state index contributed by atoms with van der Waals surface area (Å²) in [6.45, 7) is 2.04. The van der Waals surface area contributed by atoms with Crippen molar-refractivity contribution in [1.29, 1.82) is 0 Å². The molecule has 0 bridgehead atoms. The zero-order valence-corrected chi connectivity index (χ0v) is 14.7. The van der Waals surface area contributed by atoms with Gasteiger partial charge in [-0.3, -0.25) is 9.59 Å². The predicted molar refractivity (Wildman–Crippen MR) is 99.9 cm³/mol. The predicted octanol–water partition coefficient (Wildman–Crippen LogP) is 3.94. The third-order valence-electron chi connectivity index (χ3n) is 4.16. The maximum Gasteiger partial charge on any atom is 0.350 e. The summed E-state index contributed by atoms with van der Waals surface area (Å²) in [6.07, 6.45) is 1.54. The smallest absolute Gasteiger partial charge is 0.316 e. The molecule has 0 aliphatic heterocycles. The number of amides is 1. The highest BCUT2D eigenvalue weighted by molar-refractivity contribution is 5.96. The van der Waals surface area contributed by atoms with Gasteiger partial charge in [-0.2, -0.15) is 8.78 Å². The van der Waals surface area contributed by atoms with Crippen molar-refractivity contribution in [2.45, 2.75) is 19.4 Å². The van der Waals surface area contributed by atoms with Crippen LogP contribution in [0.2, 0.25) is 0 Å². The second-order valence-corrected chi connectivity index (χ2v) is 6.24. The third-order valence-corrected chi connectivity index (χ3v) is 4.16. The summed E-state index contributed by atoms with van der Waals surface area (Å²) >= 11 is 0. The average Bonchev–Trinajstić information content (AvgIpc) is 2.66. The Hall–Kier alpha value is -3.28. The molecule has 4 nitrogen and oxygen atoms in total. The van der Waals surface area contributed by atoms with Crippen LogP contribution in [0.25, 0.3) is 0 Å². The first-order chi connectivity index (χ1) is 12.9. The SMILES string of the molecule is Cc1ccc(C(F)(F)C(=O)Nc2cccn(Cc3ccccc3)c2=O)cc1. The molecule has 2 aromatic carbocycles. The number of carbonyl (C=O) groups is 1. The van der Waals surface area contributed by atoms with Crippen molar-refractivity contribution >= 4 is 11.6 Å². The Kier molecular flexibility index (Phi) is 5.16. The number of rotatable bonds is 5. The van der Waals surface area contributed by atoms with Gasteiger partial charge >= 0.3 is 5.92 Å². The van der Waals surface area contributed by atoms with Crippen molar-refractivity contribution in [2.75, 3.05) is 5.32 Å². The van der Waals surface area contributed by atoms with Gasteiger partial charge < -0.3 is 9.88 Å². The zero-order chi connectivity index (χ0) is 19.4. The summed E-state index contributed by atoms with van der Waals surface area (Å²) in [6, 6.07) is 17.5. The second-order valence-electron chi connectivity index (χ2n) is 6.24. The molecule has 1 heterocycles. The molecule has 0 unspecified atom stereocenters. The van der Waals surface area contributed by atoms with Crippen LogP contribution < -0.4 is 10.9 Å². The molecule has 3 aromatic rings. The third kappa shape index (κ3) is 4.11. The van der Waals surface area contributed by atoms with Gasteiger partial charge in [-0.15, -0.1) is 0 Å². The molecule has 138 valence electrons. The van der Waals surface area contributed by atoms with Crippen molar-refractivity contribution in [1.82, 2.24) is 4.57 Å². The van der Waals surface area contributed by atoms with E-state index < -0.39 is 23.0 Å². The van der Waals surface area contributed by atoms with Crippen molar-refractivity contribution < 1.29 is 13.6 Å². The number of aryl methyl sites for hydroxylation is 1. The molecule has 1 amide bonds. The topological polar surface area (TPSA) is 51.1 Å². The number of hydrogen-bond donors (Lipinski definition) is 1. The molecule has 0 saturated heterocycles. The highest BCUT2D eigenvalue weighted by atomic mass is 19.3. The first kappa shape index (κ1) is 18.5. The summed E-state index contributed by atoms with van der Waals surface area (Å²) in [5, 5.41) is 2.07. The lowest BCUT2D eigenvalue weighted by Gasteiger charge is -2.17. The van der Waals surface area contributed by atoms with E-state index in [4.69, 9.17) is 0 Å². The fourth-order valence-corrected chi connectivity index (χ4v) is 2.63. The molecule has 3 rings (SSSR count). The Morgan fingerprint density at radius 2 is 1.67 bits per heavy atom. The first-order valence-electron chi connectivity index (χ1n) is 8.38. The normalized spacial score (nSPS) is 11.2. The fourth-order valence-electron chi connectivity index (χ4n) is 2.63. The van der Waals surface area contributed by atoms with Crippen molar-refractivity contribution in [3.63, 3.8) is 0 Å². The van der Waals surface area contributed by atoms with Gasteiger partial charge in [-0.25, -0.2) is 0 Å². The molecule has 27 heavy (non-hydrogen) atoms. The van der Waals surface area contributed by atoms with Crippen LogP contribution in [-0.4, -0.2) is 10.5 Å². The van der Waals surface area contributed by atoms with Gasteiger partial charge in [0.2, 0.25) is 0 Å². The highest BCUT2D eigenvalue weighted by Gasteiger charge is 2.41. The summed E-state index contributed by atoms with van der Waals surface area (Å²) in [5.41, 5.74) is 0.528. The number of anilines is 1. The molecule has 1 N–H and O–H groups in total. The van der Waals surface area contributed by atoms with E-state index in [1.165, 1.54) is 41.0 Å². The van der Waals surface area contributed by atoms with Gasteiger partial charge in [0.25, 0.3) is 11.5 Å². The zero-order valence-electron chi connectivity index (χ0n) is 14.7. The minimum absolute atomic E-state index is 0.190. The molecule has 6 heteroatoms. The molecular weight excluding hydrogens is 350 g/mol. The van der Waals surface area contributed by atoms with E-state index in [1.807, 2.05) is 30.3 Å². The summed E-state index contributed by atoms with van der Waals surface area (Å²) in [4.78, 5) is 24.7. The summed E-state index contributed by atoms with van der Waals surface area (Å²) in [7, 11) is 0. The molecular formula is C21H18F2N2O2. The molecule has 0 aliphatic rings. The standard InChI is InChI=1S/C21H18F2N2O2/c1-15-9-11-17(12-10-15)21(22,23)20(27)24-18-8-5-13-25(19(18)26)14-16-6-3-2-4-7-16/h2-13H,14H2,1H3,(H,24,27). The van der Waals surface area contributed by atoms with E-state index in [0.717, 1.165) is 11.1 Å². The van der Waals surface area contributed by atoms with Crippen LogP contribution in [0.3, 0.4) is 0 Å². The Morgan fingerprint density at radius 1 is 1.00 bits per heavy atom. The maximum atomic E-state index is 14.4. The van der Waals surface area contributed by atoms with E-state index in [9.17, 15) is 18.4 Å². The molecule has 0 spiro atoms. The molecule has 0 atom stereocenters. The van der Waals surface area contributed by atoms with Gasteiger partial charge in [0.15, 0.2) is 0 Å². The number of nitrogens with one attached hydrogen (secondary N) is 1. The lowest BCUT2D eigenvalue weighted by molar-refractivity contribution is -0.140. The van der Waals surface area contributed by atoms with Crippen molar-refractivity contribution in [2.24, 2.45) is 0 Å². The lowest BCUT2D eigenvalue weighted by Crippen LogP contribution is -2.35. The number of hydrogen-bond acceptors (Lipinski definition) is 2. The molecule has 0 radical (unpaired) electrons. The maximum absolute atomic E-state index is 14.4. The Bertz CT molecular complexity index is 997. The minimum atomic E-state index is -3.75. The number of benzene rings is 2. The molecule has 0 saturated carbocycles. The molecule has 0 fully saturated rings. The Balaban J connectivity index is 1.83. The van der Waals surface area contributed by atoms with Crippen LogP contribution in [-0.2, 0) is 17.3 Å². The van der Waals surface area contributed by atoms with E-state index in [0.29, 0.717) is 0 Å². The van der Waals surface area contributed by atoms with Gasteiger partial charge in [-0.1, -0.05) is 60.2 Å². The molecule has 0 aliphatic carbocycles. The van der Waals surface area contributed by atoms with Crippen LogP contribution in [0.15, 0.2) is 77.7 Å². The fraction of sp³-hybridized carbons (Fsp3) is 0.143. The summed E-state index contributed by atoms with van der Waals surface area (Å²) < 4.78 is 30.2. The van der Waals surface area contributed by atoms with Crippen LogP contribution >= 0.6 is 0 Å². The van der Waals surface area contributed by atoms with Gasteiger partial charge in [0.05, 0.1) is 6.54 Å². The van der Waals surface area contributed by atoms with Gasteiger partial charge in [-0.05, 0) is 24.6 Å². The highest BCUT2D eigenvalue weighted by Crippen LogP contribution is 2.29. The minimum Gasteiger partial charge on any atom is -0.316 e. The van der Waals surface area contributed by atoms with E-state index in [2.05, 4.69) is 5.32 Å². The monoisotopic (exact) mass is 368 g/mol. The number of nitrogens with zero attached hydrogens (tertiary/aromatic N) is 1. The second kappa shape index (κ2) is 7.53. The number of halogens is 2. The van der Waals surface area contributed by atoms with Crippen molar-refractivity contribution in [3.8, 4) is 0 Å². The summed E-state index contributed by atoms with van der Waals surface area (Å²) in [5.74, 6) is -5.29. The number of pyridine rings is 1. The van der Waals surface area contributed by atoms with Crippen LogP contribution in [0.5, 0.6) is 0 Å². The Morgan fingerprint density at radius 3 is 2.33 bits per heavy atom. The lowest BCUT2D eigenvalue weighted by atomic mass is 10.1.